The summed E-state index contributed by atoms with van der Waals surface area (Å²) in [7, 11) is 0. The third kappa shape index (κ3) is 6.52. The summed E-state index contributed by atoms with van der Waals surface area (Å²) in [5, 5.41) is 0. The SMILES string of the molecule is C=C.C=C/C=C(\C=C)CC(CC=C)C(=C)c1cc(C(C)C)c(C)cc1C. The number of aryl methyl sites for hydroxylation is 2. The van der Waals surface area contributed by atoms with Gasteiger partial charge < -0.3 is 0 Å². The van der Waals surface area contributed by atoms with Crippen molar-refractivity contribution < 1.29 is 0 Å². The molecule has 0 heterocycles. The van der Waals surface area contributed by atoms with Gasteiger partial charge in [-0.1, -0.05) is 70.0 Å². The zero-order valence-corrected chi connectivity index (χ0v) is 17.3. The molecule has 1 atom stereocenters. The first kappa shape index (κ1) is 23.7. The maximum absolute atomic E-state index is 4.45. The highest BCUT2D eigenvalue weighted by Gasteiger charge is 2.17. The molecule has 0 fully saturated rings. The summed E-state index contributed by atoms with van der Waals surface area (Å²) in [5.41, 5.74) is 7.71. The molecule has 0 aliphatic rings. The van der Waals surface area contributed by atoms with Crippen LogP contribution in [0.1, 0.15) is 54.9 Å². The molecule has 0 amide bonds. The predicted molar refractivity (Wildman–Crippen MR) is 122 cm³/mol. The highest BCUT2D eigenvalue weighted by molar-refractivity contribution is 5.70. The number of hydrogen-bond acceptors (Lipinski definition) is 0. The van der Waals surface area contributed by atoms with Crippen molar-refractivity contribution in [1.29, 1.82) is 0 Å². The molecule has 140 valence electrons. The van der Waals surface area contributed by atoms with Crippen LogP contribution in [-0.4, -0.2) is 0 Å². The second-order valence-corrected chi connectivity index (χ2v) is 6.81. The molecule has 26 heavy (non-hydrogen) atoms. The first-order valence-electron chi connectivity index (χ1n) is 9.20. The Kier molecular flexibility index (Phi) is 11.0. The molecule has 0 heteroatoms. The second-order valence-electron chi connectivity index (χ2n) is 6.81. The zero-order valence-electron chi connectivity index (χ0n) is 17.3. The van der Waals surface area contributed by atoms with Crippen LogP contribution in [0, 0.1) is 19.8 Å². The highest BCUT2D eigenvalue weighted by atomic mass is 14.2. The van der Waals surface area contributed by atoms with Crippen LogP contribution >= 0.6 is 0 Å². The molecule has 0 N–H and O–H groups in total. The number of rotatable bonds is 9. The Labute approximate surface area is 162 Å². The molecule has 1 rings (SSSR count). The monoisotopic (exact) mass is 348 g/mol. The lowest BCUT2D eigenvalue weighted by molar-refractivity contribution is 0.682. The van der Waals surface area contributed by atoms with Crippen molar-refractivity contribution in [1.82, 2.24) is 0 Å². The van der Waals surface area contributed by atoms with Gasteiger partial charge in [0.15, 0.2) is 0 Å². The molecule has 0 spiro atoms. The van der Waals surface area contributed by atoms with Gasteiger partial charge in [0.2, 0.25) is 0 Å². The van der Waals surface area contributed by atoms with E-state index in [1.54, 1.807) is 0 Å². The fourth-order valence-corrected chi connectivity index (χ4v) is 3.26. The average Bonchev–Trinajstić information content (AvgIpc) is 2.61. The molecule has 0 saturated heterocycles. The minimum atomic E-state index is 0.327. The predicted octanol–water partition coefficient (Wildman–Crippen LogP) is 8.12. The molecule has 0 nitrogen and oxygen atoms in total. The van der Waals surface area contributed by atoms with Crippen molar-refractivity contribution in [3.8, 4) is 0 Å². The fourth-order valence-electron chi connectivity index (χ4n) is 3.26. The van der Waals surface area contributed by atoms with Crippen LogP contribution in [0.25, 0.3) is 5.57 Å². The van der Waals surface area contributed by atoms with Crippen molar-refractivity contribution >= 4 is 5.57 Å². The van der Waals surface area contributed by atoms with Crippen molar-refractivity contribution in [2.45, 2.75) is 46.5 Å². The Bertz CT molecular complexity index is 668. The Morgan fingerprint density at radius 1 is 1.04 bits per heavy atom. The van der Waals surface area contributed by atoms with Crippen LogP contribution in [0.15, 0.2) is 81.5 Å². The molecule has 1 aromatic rings. The van der Waals surface area contributed by atoms with E-state index in [4.69, 9.17) is 0 Å². The minimum Gasteiger partial charge on any atom is -0.106 e. The first-order chi connectivity index (χ1) is 12.3. The molecule has 0 aromatic heterocycles. The second kappa shape index (κ2) is 12.1. The quantitative estimate of drug-likeness (QED) is 0.312. The van der Waals surface area contributed by atoms with Gasteiger partial charge in [-0.25, -0.2) is 0 Å². The van der Waals surface area contributed by atoms with Gasteiger partial charge in [0.25, 0.3) is 0 Å². The number of hydrogen-bond donors (Lipinski definition) is 0. The van der Waals surface area contributed by atoms with Crippen LogP contribution in [0.5, 0.6) is 0 Å². The van der Waals surface area contributed by atoms with Gasteiger partial charge in [0.1, 0.15) is 0 Å². The van der Waals surface area contributed by atoms with E-state index in [9.17, 15) is 0 Å². The van der Waals surface area contributed by atoms with Gasteiger partial charge in [-0.15, -0.1) is 19.7 Å². The Morgan fingerprint density at radius 3 is 2.12 bits per heavy atom. The molecule has 0 saturated carbocycles. The molecular weight excluding hydrogens is 312 g/mol. The lowest BCUT2D eigenvalue weighted by Crippen LogP contribution is -2.06. The van der Waals surface area contributed by atoms with Gasteiger partial charge in [-0.05, 0) is 71.9 Å². The van der Waals surface area contributed by atoms with Gasteiger partial charge in [-0.2, -0.15) is 0 Å². The highest BCUT2D eigenvalue weighted by Crippen LogP contribution is 2.34. The summed E-state index contributed by atoms with van der Waals surface area (Å²) in [5.74, 6) is 0.840. The Morgan fingerprint density at radius 2 is 1.65 bits per heavy atom. The standard InChI is InChI=1S/C24H32.C2H4/c1-9-12-21(11-3)15-22(13-10-2)20(8)24-16-23(17(4)5)18(6)14-19(24)7;1-2/h9-12,14,16-17,22H,1-3,8,13,15H2,4-7H3;1-2H2/b21-12+;. The molecule has 0 aliphatic heterocycles. The van der Waals surface area contributed by atoms with Crippen molar-refractivity contribution in [2.75, 3.05) is 0 Å². The van der Waals surface area contributed by atoms with E-state index in [1.165, 1.54) is 33.4 Å². The zero-order chi connectivity index (χ0) is 20.3. The molecular formula is C26H36. The van der Waals surface area contributed by atoms with Crippen LogP contribution in [-0.2, 0) is 0 Å². The van der Waals surface area contributed by atoms with Crippen LogP contribution in [0.2, 0.25) is 0 Å². The largest absolute Gasteiger partial charge is 0.106 e. The summed E-state index contributed by atoms with van der Waals surface area (Å²) in [6.07, 6.45) is 9.55. The van der Waals surface area contributed by atoms with Gasteiger partial charge in [0, 0.05) is 0 Å². The van der Waals surface area contributed by atoms with E-state index in [2.05, 4.69) is 79.3 Å². The number of benzene rings is 1. The van der Waals surface area contributed by atoms with Gasteiger partial charge in [-0.3, -0.25) is 0 Å². The van der Waals surface area contributed by atoms with Gasteiger partial charge in [0.05, 0.1) is 0 Å². The van der Waals surface area contributed by atoms with E-state index in [0.717, 1.165) is 12.8 Å². The van der Waals surface area contributed by atoms with Crippen molar-refractivity contribution in [3.05, 3.63) is 104 Å². The summed E-state index contributed by atoms with van der Waals surface area (Å²) in [4.78, 5) is 0. The molecule has 0 aliphatic carbocycles. The van der Waals surface area contributed by atoms with E-state index >= 15 is 0 Å². The van der Waals surface area contributed by atoms with E-state index < -0.39 is 0 Å². The van der Waals surface area contributed by atoms with Crippen LogP contribution in [0.3, 0.4) is 0 Å². The normalized spacial score (nSPS) is 12.0. The van der Waals surface area contributed by atoms with Gasteiger partial charge >= 0.3 is 0 Å². The Hall–Kier alpha value is -2.34. The smallest absolute Gasteiger partial charge is 0.00869 e. The van der Waals surface area contributed by atoms with E-state index in [-0.39, 0.29) is 0 Å². The Balaban J connectivity index is 0.00000301. The fraction of sp³-hybridized carbons (Fsp3) is 0.308. The summed E-state index contributed by atoms with van der Waals surface area (Å²) in [6.45, 7) is 30.9. The van der Waals surface area contributed by atoms with E-state index in [1.807, 2.05) is 24.3 Å². The van der Waals surface area contributed by atoms with Crippen molar-refractivity contribution in [2.24, 2.45) is 5.92 Å². The third-order valence-corrected chi connectivity index (χ3v) is 4.60. The van der Waals surface area contributed by atoms with Crippen LogP contribution in [0.4, 0.5) is 0 Å². The number of allylic oxidation sites excluding steroid dienone is 6. The average molecular weight is 349 g/mol. The summed E-state index contributed by atoms with van der Waals surface area (Å²) < 4.78 is 0. The molecule has 0 radical (unpaired) electrons. The maximum Gasteiger partial charge on any atom is -0.00869 e. The third-order valence-electron chi connectivity index (χ3n) is 4.60. The van der Waals surface area contributed by atoms with E-state index in [0.29, 0.717) is 11.8 Å². The maximum atomic E-state index is 4.45. The van der Waals surface area contributed by atoms with Crippen molar-refractivity contribution in [3.63, 3.8) is 0 Å². The van der Waals surface area contributed by atoms with Crippen LogP contribution < -0.4 is 0 Å². The molecule has 0 bridgehead atoms. The summed E-state index contributed by atoms with van der Waals surface area (Å²) >= 11 is 0. The lowest BCUT2D eigenvalue weighted by atomic mass is 9.82. The summed E-state index contributed by atoms with van der Waals surface area (Å²) in [6, 6.07) is 4.62. The first-order valence-corrected chi connectivity index (χ1v) is 9.20. The lowest BCUT2D eigenvalue weighted by Gasteiger charge is -2.23. The molecule has 1 unspecified atom stereocenters. The topological polar surface area (TPSA) is 0 Å². The minimum absolute atomic E-state index is 0.327. The molecule has 1 aromatic carbocycles.